The van der Waals surface area contributed by atoms with Gasteiger partial charge in [-0.05, 0) is 49.4 Å². The summed E-state index contributed by atoms with van der Waals surface area (Å²) in [6.45, 7) is 1.39. The van der Waals surface area contributed by atoms with Gasteiger partial charge in [0.05, 0.1) is 16.0 Å². The average molecular weight is 415 g/mol. The first-order chi connectivity index (χ1) is 13.8. The highest BCUT2D eigenvalue weighted by Gasteiger charge is 2.14. The smallest absolute Gasteiger partial charge is 0.291 e. The molecule has 29 heavy (non-hydrogen) atoms. The molecule has 0 fully saturated rings. The molecule has 0 aliphatic rings. The van der Waals surface area contributed by atoms with E-state index in [0.29, 0.717) is 17.0 Å². The first-order valence-corrected chi connectivity index (χ1v) is 8.79. The van der Waals surface area contributed by atoms with E-state index < -0.39 is 10.8 Å². The molecule has 0 saturated carbocycles. The highest BCUT2D eigenvalue weighted by Crippen LogP contribution is 2.29. The number of hydrogen-bond acceptors (Lipinski definition) is 6. The SMILES string of the molecule is CC(=O)c1ccc(NC(=O)c2ccc(COc3cc([N+](=O)[O-])ccc3Cl)o2)cc1. The van der Waals surface area contributed by atoms with Crippen molar-refractivity contribution in [2.75, 3.05) is 5.32 Å². The number of nitrogens with zero attached hydrogens (tertiary/aromatic N) is 1. The van der Waals surface area contributed by atoms with Gasteiger partial charge in [-0.1, -0.05) is 11.6 Å². The fourth-order valence-electron chi connectivity index (χ4n) is 2.42. The number of halogens is 1. The second-order valence-electron chi connectivity index (χ2n) is 6.01. The number of nitrogens with one attached hydrogen (secondary N) is 1. The monoisotopic (exact) mass is 414 g/mol. The Labute approximate surface area is 170 Å². The number of benzene rings is 2. The van der Waals surface area contributed by atoms with Gasteiger partial charge in [0.2, 0.25) is 0 Å². The van der Waals surface area contributed by atoms with Gasteiger partial charge in [0, 0.05) is 17.3 Å². The van der Waals surface area contributed by atoms with Crippen LogP contribution in [0.1, 0.15) is 33.6 Å². The minimum Gasteiger partial charge on any atom is -0.484 e. The number of furan rings is 1. The molecule has 0 spiro atoms. The topological polar surface area (TPSA) is 112 Å². The number of Topliss-reactive ketones (excluding diaryl/α,β-unsaturated/α-hetero) is 1. The summed E-state index contributed by atoms with van der Waals surface area (Å²) in [5.74, 6) is -0.00882. The molecular formula is C20H15ClN2O6. The van der Waals surface area contributed by atoms with Crippen LogP contribution in [0.4, 0.5) is 11.4 Å². The molecule has 0 unspecified atom stereocenters. The summed E-state index contributed by atoms with van der Waals surface area (Å²) in [6.07, 6.45) is 0. The molecular weight excluding hydrogens is 400 g/mol. The number of rotatable bonds is 7. The van der Waals surface area contributed by atoms with Gasteiger partial charge in [-0.15, -0.1) is 0 Å². The molecule has 1 heterocycles. The van der Waals surface area contributed by atoms with Crippen molar-refractivity contribution in [2.24, 2.45) is 0 Å². The largest absolute Gasteiger partial charge is 0.484 e. The lowest BCUT2D eigenvalue weighted by Crippen LogP contribution is -2.11. The Balaban J connectivity index is 1.63. The lowest BCUT2D eigenvalue weighted by molar-refractivity contribution is -0.384. The number of nitro benzene ring substituents is 1. The number of ketones is 1. The number of nitro groups is 1. The van der Waals surface area contributed by atoms with Gasteiger partial charge in [0.25, 0.3) is 11.6 Å². The van der Waals surface area contributed by atoms with Gasteiger partial charge in [-0.3, -0.25) is 19.7 Å². The van der Waals surface area contributed by atoms with Crippen molar-refractivity contribution >= 4 is 34.7 Å². The Morgan fingerprint density at radius 1 is 1.14 bits per heavy atom. The third-order valence-electron chi connectivity index (χ3n) is 3.93. The molecule has 2 aromatic carbocycles. The van der Waals surface area contributed by atoms with Crippen LogP contribution in [0.2, 0.25) is 5.02 Å². The Morgan fingerprint density at radius 2 is 1.86 bits per heavy atom. The highest BCUT2D eigenvalue weighted by atomic mass is 35.5. The van der Waals surface area contributed by atoms with E-state index in [-0.39, 0.29) is 34.6 Å². The zero-order valence-corrected chi connectivity index (χ0v) is 15.9. The summed E-state index contributed by atoms with van der Waals surface area (Å²) in [6, 6.07) is 13.3. The van der Waals surface area contributed by atoms with Gasteiger partial charge in [0.15, 0.2) is 11.5 Å². The van der Waals surface area contributed by atoms with Gasteiger partial charge < -0.3 is 14.5 Å². The fraction of sp³-hybridized carbons (Fsp3) is 0.100. The number of anilines is 1. The summed E-state index contributed by atoms with van der Waals surface area (Å²) in [7, 11) is 0. The lowest BCUT2D eigenvalue weighted by atomic mass is 10.1. The lowest BCUT2D eigenvalue weighted by Gasteiger charge is -2.06. The van der Waals surface area contributed by atoms with Crippen molar-refractivity contribution in [3.63, 3.8) is 0 Å². The Kier molecular flexibility index (Phi) is 5.94. The van der Waals surface area contributed by atoms with Crippen LogP contribution in [0.3, 0.4) is 0 Å². The molecule has 0 atom stereocenters. The van der Waals surface area contributed by atoms with E-state index in [9.17, 15) is 19.7 Å². The third-order valence-corrected chi connectivity index (χ3v) is 4.24. The van der Waals surface area contributed by atoms with Crippen LogP contribution < -0.4 is 10.1 Å². The fourth-order valence-corrected chi connectivity index (χ4v) is 2.60. The van der Waals surface area contributed by atoms with E-state index in [1.165, 1.54) is 31.2 Å². The van der Waals surface area contributed by atoms with Crippen LogP contribution in [-0.2, 0) is 6.61 Å². The summed E-state index contributed by atoms with van der Waals surface area (Å²) in [5, 5.41) is 13.7. The number of carbonyl (C=O) groups is 2. The molecule has 8 nitrogen and oxygen atoms in total. The molecule has 0 aliphatic heterocycles. The van der Waals surface area contributed by atoms with Crippen LogP contribution in [0.25, 0.3) is 0 Å². The van der Waals surface area contributed by atoms with Gasteiger partial charge in [0.1, 0.15) is 18.1 Å². The summed E-state index contributed by atoms with van der Waals surface area (Å²) >= 11 is 5.98. The molecule has 3 rings (SSSR count). The third kappa shape index (κ3) is 4.99. The van der Waals surface area contributed by atoms with Crippen molar-refractivity contribution in [1.29, 1.82) is 0 Å². The number of amides is 1. The van der Waals surface area contributed by atoms with Crippen molar-refractivity contribution in [3.8, 4) is 5.75 Å². The van der Waals surface area contributed by atoms with E-state index >= 15 is 0 Å². The standard InChI is InChI=1S/C20H15ClN2O6/c1-12(24)13-2-4-14(5-3-13)22-20(25)18-9-7-16(29-18)11-28-19-10-15(23(26)27)6-8-17(19)21/h2-10H,11H2,1H3,(H,22,25). The Hall–Kier alpha value is -3.65. The van der Waals surface area contributed by atoms with Crippen LogP contribution in [0, 0.1) is 10.1 Å². The summed E-state index contributed by atoms with van der Waals surface area (Å²) < 4.78 is 10.9. The number of ether oxygens (including phenoxy) is 1. The molecule has 1 N–H and O–H groups in total. The van der Waals surface area contributed by atoms with Crippen LogP contribution in [0.15, 0.2) is 59.0 Å². The molecule has 0 bridgehead atoms. The van der Waals surface area contributed by atoms with E-state index in [1.807, 2.05) is 0 Å². The van der Waals surface area contributed by atoms with Gasteiger partial charge >= 0.3 is 0 Å². The van der Waals surface area contributed by atoms with Gasteiger partial charge in [-0.25, -0.2) is 0 Å². The van der Waals surface area contributed by atoms with Crippen LogP contribution >= 0.6 is 11.6 Å². The molecule has 148 valence electrons. The maximum atomic E-state index is 12.3. The number of hydrogen-bond donors (Lipinski definition) is 1. The molecule has 0 saturated heterocycles. The maximum Gasteiger partial charge on any atom is 0.291 e. The zero-order valence-electron chi connectivity index (χ0n) is 15.2. The molecule has 1 aromatic heterocycles. The molecule has 3 aromatic rings. The predicted molar refractivity (Wildman–Crippen MR) is 106 cm³/mol. The second-order valence-corrected chi connectivity index (χ2v) is 6.42. The normalized spacial score (nSPS) is 10.4. The maximum absolute atomic E-state index is 12.3. The van der Waals surface area contributed by atoms with Crippen molar-refractivity contribution in [1.82, 2.24) is 0 Å². The first-order valence-electron chi connectivity index (χ1n) is 8.41. The molecule has 0 radical (unpaired) electrons. The second kappa shape index (κ2) is 8.57. The van der Waals surface area contributed by atoms with E-state index in [0.717, 1.165) is 0 Å². The number of carbonyl (C=O) groups excluding carboxylic acids is 2. The molecule has 1 amide bonds. The van der Waals surface area contributed by atoms with Crippen LogP contribution in [-0.4, -0.2) is 16.6 Å². The van der Waals surface area contributed by atoms with Crippen molar-refractivity contribution < 1.29 is 23.7 Å². The Morgan fingerprint density at radius 3 is 2.52 bits per heavy atom. The predicted octanol–water partition coefficient (Wildman–Crippen LogP) is 4.88. The minimum atomic E-state index is -0.554. The van der Waals surface area contributed by atoms with E-state index in [2.05, 4.69) is 5.32 Å². The summed E-state index contributed by atoms with van der Waals surface area (Å²) in [5.41, 5.74) is 0.900. The molecule has 9 heteroatoms. The zero-order chi connectivity index (χ0) is 21.0. The first kappa shape index (κ1) is 20.1. The Bertz CT molecular complexity index is 1070. The quantitative estimate of drug-likeness (QED) is 0.335. The van der Waals surface area contributed by atoms with Crippen LogP contribution in [0.5, 0.6) is 5.75 Å². The average Bonchev–Trinajstić information content (AvgIpc) is 3.17. The number of non-ortho nitro benzene ring substituents is 1. The summed E-state index contributed by atoms with van der Waals surface area (Å²) in [4.78, 5) is 33.9. The van der Waals surface area contributed by atoms with Crippen molar-refractivity contribution in [3.05, 3.63) is 86.8 Å². The molecule has 0 aliphatic carbocycles. The van der Waals surface area contributed by atoms with Crippen molar-refractivity contribution in [2.45, 2.75) is 13.5 Å². The van der Waals surface area contributed by atoms with E-state index in [1.54, 1.807) is 30.3 Å². The van der Waals surface area contributed by atoms with Gasteiger partial charge in [-0.2, -0.15) is 0 Å². The van der Waals surface area contributed by atoms with E-state index in [4.69, 9.17) is 20.8 Å². The highest BCUT2D eigenvalue weighted by molar-refractivity contribution is 6.32. The minimum absolute atomic E-state index is 0.0596.